The molecular weight excluding hydrogens is 463 g/mol. The number of Topliss-reactive ketones (excluding diaryl/α,β-unsaturated/α-hetero) is 1. The van der Waals surface area contributed by atoms with Crippen molar-refractivity contribution in [1.29, 1.82) is 0 Å². The van der Waals surface area contributed by atoms with E-state index in [0.29, 0.717) is 17.2 Å². The molecule has 0 aliphatic heterocycles. The summed E-state index contributed by atoms with van der Waals surface area (Å²) in [6.45, 7) is 6.87. The fourth-order valence-electron chi connectivity index (χ4n) is 3.00. The van der Waals surface area contributed by atoms with Gasteiger partial charge in [0, 0.05) is 11.1 Å². The van der Waals surface area contributed by atoms with Gasteiger partial charge >= 0.3 is 6.18 Å². The van der Waals surface area contributed by atoms with E-state index in [-0.39, 0.29) is 32.0 Å². The lowest BCUT2D eigenvalue weighted by atomic mass is 9.81. The van der Waals surface area contributed by atoms with Gasteiger partial charge in [-0.05, 0) is 47.7 Å². The first-order chi connectivity index (χ1) is 13.6. The highest BCUT2D eigenvalue weighted by molar-refractivity contribution is 6.48. The zero-order valence-corrected chi connectivity index (χ0v) is 18.9. The lowest BCUT2D eigenvalue weighted by Crippen LogP contribution is -2.19. The number of carbonyl (C=O) groups is 1. The Morgan fingerprint density at radius 3 is 1.97 bits per heavy atom. The van der Waals surface area contributed by atoms with Crippen molar-refractivity contribution in [2.24, 2.45) is 0 Å². The zero-order valence-electron chi connectivity index (χ0n) is 16.6. The second kappa shape index (κ2) is 8.89. The van der Waals surface area contributed by atoms with Gasteiger partial charge in [0.25, 0.3) is 0 Å². The van der Waals surface area contributed by atoms with Crippen LogP contribution in [0.3, 0.4) is 0 Å². The molecule has 0 N–H and O–H groups in total. The van der Waals surface area contributed by atoms with Gasteiger partial charge in [-0.1, -0.05) is 67.7 Å². The Labute approximate surface area is 187 Å². The molecule has 0 saturated carbocycles. The van der Waals surface area contributed by atoms with Crippen LogP contribution in [0.15, 0.2) is 36.4 Å². The van der Waals surface area contributed by atoms with E-state index in [2.05, 4.69) is 0 Å². The highest BCUT2D eigenvalue weighted by Crippen LogP contribution is 2.42. The molecule has 0 amide bonds. The van der Waals surface area contributed by atoms with Gasteiger partial charge in [0.1, 0.15) is 11.7 Å². The van der Waals surface area contributed by atoms with E-state index in [1.54, 1.807) is 0 Å². The van der Waals surface area contributed by atoms with Gasteiger partial charge in [0.15, 0.2) is 5.78 Å². The van der Waals surface area contributed by atoms with Crippen molar-refractivity contribution in [3.63, 3.8) is 0 Å². The quantitative estimate of drug-likeness (QED) is 0.242. The molecule has 0 fully saturated rings. The number of rotatable bonds is 4. The molecule has 162 valence electrons. The first kappa shape index (κ1) is 24.7. The molecule has 0 saturated heterocycles. The maximum absolute atomic E-state index is 15.0. The van der Waals surface area contributed by atoms with Crippen LogP contribution in [0.25, 0.3) is 5.83 Å². The normalized spacial score (nSPS) is 14.0. The number of carbonyl (C=O) groups excluding carboxylic acids is 1. The first-order valence-corrected chi connectivity index (χ1v) is 10.0. The summed E-state index contributed by atoms with van der Waals surface area (Å²) in [5.41, 5.74) is 0.0106. The van der Waals surface area contributed by atoms with Crippen LogP contribution in [0.2, 0.25) is 15.1 Å². The Morgan fingerprint density at radius 1 is 1.00 bits per heavy atom. The van der Waals surface area contributed by atoms with Crippen LogP contribution in [-0.4, -0.2) is 12.0 Å². The molecule has 2 rings (SSSR count). The average molecular weight is 482 g/mol. The second-order valence-corrected chi connectivity index (χ2v) is 9.09. The van der Waals surface area contributed by atoms with Crippen molar-refractivity contribution in [2.75, 3.05) is 0 Å². The fourth-order valence-corrected chi connectivity index (χ4v) is 3.61. The zero-order chi connectivity index (χ0) is 23.0. The van der Waals surface area contributed by atoms with E-state index < -0.39 is 23.3 Å². The molecule has 0 bridgehead atoms. The Morgan fingerprint density at radius 2 is 1.53 bits per heavy atom. The van der Waals surface area contributed by atoms with Gasteiger partial charge in [0.2, 0.25) is 0 Å². The van der Waals surface area contributed by atoms with Gasteiger partial charge in [-0.15, -0.1) is 0 Å². The summed E-state index contributed by atoms with van der Waals surface area (Å²) in [7, 11) is 0. The summed E-state index contributed by atoms with van der Waals surface area (Å²) in [6.07, 6.45) is -4.34. The largest absolute Gasteiger partial charge is 0.399 e. The predicted molar refractivity (Wildman–Crippen MR) is 114 cm³/mol. The summed E-state index contributed by atoms with van der Waals surface area (Å²) in [6, 6.07) is 6.13. The van der Waals surface area contributed by atoms with Crippen LogP contribution in [0, 0.1) is 0 Å². The van der Waals surface area contributed by atoms with E-state index >= 15 is 0 Å². The minimum Gasteiger partial charge on any atom is -0.295 e. The number of hydrogen-bond donors (Lipinski definition) is 0. The highest BCUT2D eigenvalue weighted by Gasteiger charge is 2.40. The maximum Gasteiger partial charge on any atom is 0.399 e. The Hall–Kier alpha value is -1.56. The van der Waals surface area contributed by atoms with E-state index in [4.69, 9.17) is 34.8 Å². The van der Waals surface area contributed by atoms with Crippen molar-refractivity contribution in [1.82, 2.24) is 0 Å². The minimum absolute atomic E-state index is 0.0645. The minimum atomic E-state index is -4.80. The van der Waals surface area contributed by atoms with E-state index in [1.807, 2.05) is 20.8 Å². The van der Waals surface area contributed by atoms with Crippen molar-refractivity contribution in [2.45, 2.75) is 45.2 Å². The standard InChI is InChI=1S/C22H19Cl3F4O/c1-11(30)14-6-5-12(7-16(14)21(2,3)4)19(26)10-15(22(27,28)29)13-8-17(23)20(25)18(24)9-13/h5-10,15H,1-4H3/b19-10-. The predicted octanol–water partition coefficient (Wildman–Crippen LogP) is 8.80. The third kappa shape index (κ3) is 5.57. The van der Waals surface area contributed by atoms with Crippen LogP contribution in [-0.2, 0) is 5.41 Å². The number of hydrogen-bond acceptors (Lipinski definition) is 1. The molecule has 2 aromatic carbocycles. The molecule has 0 radical (unpaired) electrons. The third-order valence-corrected chi connectivity index (χ3v) is 5.71. The van der Waals surface area contributed by atoms with Gasteiger partial charge in [-0.25, -0.2) is 4.39 Å². The highest BCUT2D eigenvalue weighted by atomic mass is 35.5. The van der Waals surface area contributed by atoms with Gasteiger partial charge in [-0.2, -0.15) is 13.2 Å². The number of allylic oxidation sites excluding steroid dienone is 1. The number of alkyl halides is 3. The Kier molecular flexibility index (Phi) is 7.33. The SMILES string of the molecule is CC(=O)c1ccc(/C(F)=C/C(c2cc(Cl)c(Cl)c(Cl)c2)C(F)(F)F)cc1C(C)(C)C. The van der Waals surface area contributed by atoms with Crippen LogP contribution in [0.4, 0.5) is 17.6 Å². The molecular formula is C22H19Cl3F4O. The third-order valence-electron chi connectivity index (χ3n) is 4.51. The van der Waals surface area contributed by atoms with Crippen LogP contribution >= 0.6 is 34.8 Å². The van der Waals surface area contributed by atoms with Gasteiger partial charge in [-0.3, -0.25) is 4.79 Å². The maximum atomic E-state index is 15.0. The molecule has 30 heavy (non-hydrogen) atoms. The summed E-state index contributed by atoms with van der Waals surface area (Å²) in [5.74, 6) is -3.59. The summed E-state index contributed by atoms with van der Waals surface area (Å²) in [4.78, 5) is 11.9. The Balaban J connectivity index is 2.62. The molecule has 0 spiro atoms. The Bertz CT molecular complexity index is 981. The fraction of sp³-hybridized carbons (Fsp3) is 0.318. The first-order valence-electron chi connectivity index (χ1n) is 8.87. The molecule has 1 nitrogen and oxygen atoms in total. The van der Waals surface area contributed by atoms with Gasteiger partial charge < -0.3 is 0 Å². The molecule has 2 aromatic rings. The van der Waals surface area contributed by atoms with E-state index in [0.717, 1.165) is 12.1 Å². The summed E-state index contributed by atoms with van der Waals surface area (Å²) in [5, 5.41) is -0.409. The number of benzene rings is 2. The van der Waals surface area contributed by atoms with E-state index in [1.165, 1.54) is 25.1 Å². The average Bonchev–Trinajstić information content (AvgIpc) is 2.61. The van der Waals surface area contributed by atoms with Crippen LogP contribution < -0.4 is 0 Å². The second-order valence-electron chi connectivity index (χ2n) is 7.90. The lowest BCUT2D eigenvalue weighted by Gasteiger charge is -2.23. The monoisotopic (exact) mass is 480 g/mol. The molecule has 0 aromatic heterocycles. The van der Waals surface area contributed by atoms with E-state index in [9.17, 15) is 22.4 Å². The van der Waals surface area contributed by atoms with Crippen LogP contribution in [0.5, 0.6) is 0 Å². The molecule has 0 aliphatic rings. The molecule has 8 heteroatoms. The van der Waals surface area contributed by atoms with Crippen LogP contribution in [0.1, 0.15) is 60.7 Å². The van der Waals surface area contributed by atoms with Gasteiger partial charge in [0.05, 0.1) is 15.1 Å². The topological polar surface area (TPSA) is 17.1 Å². The van der Waals surface area contributed by atoms with Crippen molar-refractivity contribution in [3.05, 3.63) is 73.7 Å². The number of halogens is 7. The van der Waals surface area contributed by atoms with Crippen molar-refractivity contribution < 1.29 is 22.4 Å². The summed E-state index contributed by atoms with van der Waals surface area (Å²) >= 11 is 17.5. The smallest absolute Gasteiger partial charge is 0.295 e. The van der Waals surface area contributed by atoms with Crippen molar-refractivity contribution >= 4 is 46.4 Å². The molecule has 0 heterocycles. The van der Waals surface area contributed by atoms with Crippen molar-refractivity contribution in [3.8, 4) is 0 Å². The molecule has 1 unspecified atom stereocenters. The molecule has 1 atom stereocenters. The molecule has 0 aliphatic carbocycles. The lowest BCUT2D eigenvalue weighted by molar-refractivity contribution is -0.139. The summed E-state index contributed by atoms with van der Waals surface area (Å²) < 4.78 is 56.1. The number of ketones is 1.